The van der Waals surface area contributed by atoms with Crippen molar-refractivity contribution in [3.8, 4) is 11.5 Å². The molecule has 2 aliphatic heterocycles. The summed E-state index contributed by atoms with van der Waals surface area (Å²) in [6.07, 6.45) is 1.81. The molecule has 0 spiro atoms. The van der Waals surface area contributed by atoms with E-state index in [4.69, 9.17) is 9.47 Å². The number of halogens is 1. The average molecular weight is 403 g/mol. The number of nitrogens with zero attached hydrogens (tertiary/aromatic N) is 1. The number of carbonyl (C=O) groups is 1. The van der Waals surface area contributed by atoms with E-state index in [2.05, 4.69) is 26.2 Å². The standard InChI is InChI=1S/C17H11BrN2O3S/c18-11-3-1-2-4-12(11)19-17-20-16(21)15(24-17)8-10-5-6-13-14(7-10)23-9-22-13/h1-8H,9H2,(H,19,20,21)/b15-8-. The first kappa shape index (κ1) is 15.3. The van der Waals surface area contributed by atoms with Gasteiger partial charge < -0.3 is 14.8 Å². The van der Waals surface area contributed by atoms with Crippen LogP contribution in [0.2, 0.25) is 0 Å². The second kappa shape index (κ2) is 6.33. The molecular formula is C17H11BrN2O3S. The number of rotatable bonds is 2. The van der Waals surface area contributed by atoms with E-state index >= 15 is 0 Å². The van der Waals surface area contributed by atoms with Crippen LogP contribution in [0.5, 0.6) is 11.5 Å². The third-order valence-electron chi connectivity index (χ3n) is 3.42. The Morgan fingerprint density at radius 2 is 2.00 bits per heavy atom. The molecule has 1 saturated heterocycles. The van der Waals surface area contributed by atoms with Crippen molar-refractivity contribution >= 4 is 50.5 Å². The van der Waals surface area contributed by atoms with Crippen LogP contribution in [-0.2, 0) is 4.79 Å². The number of nitrogens with one attached hydrogen (secondary N) is 1. The van der Waals surface area contributed by atoms with Crippen LogP contribution >= 0.6 is 27.7 Å². The third-order valence-corrected chi connectivity index (χ3v) is 5.00. The fraction of sp³-hybridized carbons (Fsp3) is 0.0588. The molecule has 2 aromatic carbocycles. The average Bonchev–Trinajstić information content (AvgIpc) is 3.16. The minimum atomic E-state index is -0.163. The van der Waals surface area contributed by atoms with Gasteiger partial charge in [-0.3, -0.25) is 4.79 Å². The lowest BCUT2D eigenvalue weighted by atomic mass is 10.2. The molecule has 1 fully saturated rings. The van der Waals surface area contributed by atoms with Gasteiger partial charge in [-0.2, -0.15) is 0 Å². The fourth-order valence-corrected chi connectivity index (χ4v) is 3.49. The normalized spacial score (nSPS) is 19.1. The van der Waals surface area contributed by atoms with Crippen molar-refractivity contribution in [1.29, 1.82) is 0 Å². The van der Waals surface area contributed by atoms with Gasteiger partial charge in [0, 0.05) is 4.47 Å². The van der Waals surface area contributed by atoms with Crippen LogP contribution in [0.4, 0.5) is 5.69 Å². The van der Waals surface area contributed by atoms with Crippen molar-refractivity contribution in [2.24, 2.45) is 4.99 Å². The molecule has 1 N–H and O–H groups in total. The molecule has 0 radical (unpaired) electrons. The lowest BCUT2D eigenvalue weighted by molar-refractivity contribution is -0.115. The lowest BCUT2D eigenvalue weighted by Crippen LogP contribution is -2.19. The van der Waals surface area contributed by atoms with Crippen LogP contribution in [0.15, 0.2) is 56.8 Å². The maximum absolute atomic E-state index is 12.1. The van der Waals surface area contributed by atoms with E-state index in [1.54, 1.807) is 0 Å². The Morgan fingerprint density at radius 1 is 1.17 bits per heavy atom. The third kappa shape index (κ3) is 3.05. The smallest absolute Gasteiger partial charge is 0.264 e. The number of amidine groups is 1. The monoisotopic (exact) mass is 402 g/mol. The predicted molar refractivity (Wildman–Crippen MR) is 97.5 cm³/mol. The van der Waals surface area contributed by atoms with Gasteiger partial charge in [0.05, 0.1) is 10.6 Å². The summed E-state index contributed by atoms with van der Waals surface area (Å²) < 4.78 is 11.5. The number of benzene rings is 2. The number of aliphatic imine (C=N–C) groups is 1. The van der Waals surface area contributed by atoms with Gasteiger partial charge in [0.15, 0.2) is 16.7 Å². The highest BCUT2D eigenvalue weighted by Gasteiger charge is 2.24. The maximum atomic E-state index is 12.1. The van der Waals surface area contributed by atoms with Crippen molar-refractivity contribution in [2.75, 3.05) is 6.79 Å². The number of para-hydroxylation sites is 1. The first-order chi connectivity index (χ1) is 11.7. The van der Waals surface area contributed by atoms with E-state index in [1.165, 1.54) is 11.8 Å². The van der Waals surface area contributed by atoms with Gasteiger partial charge in [0.25, 0.3) is 5.91 Å². The van der Waals surface area contributed by atoms with Crippen molar-refractivity contribution in [1.82, 2.24) is 5.32 Å². The summed E-state index contributed by atoms with van der Waals surface area (Å²) in [4.78, 5) is 17.2. The summed E-state index contributed by atoms with van der Waals surface area (Å²) in [5.41, 5.74) is 1.64. The molecule has 2 heterocycles. The van der Waals surface area contributed by atoms with Crippen LogP contribution in [0.25, 0.3) is 6.08 Å². The van der Waals surface area contributed by atoms with Crippen LogP contribution in [0.1, 0.15) is 5.56 Å². The Morgan fingerprint density at radius 3 is 2.88 bits per heavy atom. The first-order valence-corrected chi connectivity index (χ1v) is 8.74. The number of fused-ring (bicyclic) bond motifs is 1. The van der Waals surface area contributed by atoms with Gasteiger partial charge in [0.2, 0.25) is 6.79 Å². The van der Waals surface area contributed by atoms with E-state index in [1.807, 2.05) is 48.5 Å². The number of thioether (sulfide) groups is 1. The molecule has 5 nitrogen and oxygen atoms in total. The minimum Gasteiger partial charge on any atom is -0.454 e. The van der Waals surface area contributed by atoms with Crippen molar-refractivity contribution in [3.05, 3.63) is 57.4 Å². The highest BCUT2D eigenvalue weighted by atomic mass is 79.9. The van der Waals surface area contributed by atoms with Crippen molar-refractivity contribution in [3.63, 3.8) is 0 Å². The van der Waals surface area contributed by atoms with Crippen molar-refractivity contribution < 1.29 is 14.3 Å². The highest BCUT2D eigenvalue weighted by molar-refractivity contribution is 9.10. The van der Waals surface area contributed by atoms with Gasteiger partial charge in [-0.15, -0.1) is 0 Å². The summed E-state index contributed by atoms with van der Waals surface area (Å²) in [6, 6.07) is 13.2. The van der Waals surface area contributed by atoms with E-state index in [0.29, 0.717) is 15.8 Å². The zero-order valence-electron chi connectivity index (χ0n) is 12.3. The molecule has 1 amide bonds. The van der Waals surface area contributed by atoms with Gasteiger partial charge >= 0.3 is 0 Å². The molecule has 24 heavy (non-hydrogen) atoms. The summed E-state index contributed by atoms with van der Waals surface area (Å²) in [5.74, 6) is 1.25. The molecule has 2 aromatic rings. The number of carbonyl (C=O) groups excluding carboxylic acids is 1. The highest BCUT2D eigenvalue weighted by Crippen LogP contribution is 2.35. The Balaban J connectivity index is 1.59. The van der Waals surface area contributed by atoms with Crippen molar-refractivity contribution in [2.45, 2.75) is 0 Å². The quantitative estimate of drug-likeness (QED) is 0.769. The fourth-order valence-electron chi connectivity index (χ4n) is 2.29. The van der Waals surface area contributed by atoms with E-state index in [0.717, 1.165) is 21.5 Å². The summed E-state index contributed by atoms with van der Waals surface area (Å²) in [5, 5.41) is 3.34. The predicted octanol–water partition coefficient (Wildman–Crippen LogP) is 4.07. The Labute approximate surface area is 150 Å². The Hall–Kier alpha value is -2.25. The molecule has 4 rings (SSSR count). The molecule has 7 heteroatoms. The van der Waals surface area contributed by atoms with Gasteiger partial charge in [-0.25, -0.2) is 4.99 Å². The molecule has 0 aliphatic carbocycles. The number of hydrogen-bond donors (Lipinski definition) is 1. The zero-order chi connectivity index (χ0) is 16.5. The second-order valence-corrected chi connectivity index (χ2v) is 6.93. The van der Waals surface area contributed by atoms with Gasteiger partial charge in [-0.1, -0.05) is 18.2 Å². The van der Waals surface area contributed by atoms with Crippen LogP contribution in [0.3, 0.4) is 0 Å². The SMILES string of the molecule is O=C1N/C(=N/c2ccccc2Br)S/C1=C\c1ccc2c(c1)OCO2. The molecule has 0 unspecified atom stereocenters. The molecule has 0 atom stereocenters. The van der Waals surface area contributed by atoms with E-state index in [-0.39, 0.29) is 12.7 Å². The largest absolute Gasteiger partial charge is 0.454 e. The van der Waals surface area contributed by atoms with Gasteiger partial charge in [0.1, 0.15) is 0 Å². The number of hydrogen-bond acceptors (Lipinski definition) is 5. The summed E-state index contributed by atoms with van der Waals surface area (Å²) in [6.45, 7) is 0.230. The molecule has 0 bridgehead atoms. The Bertz CT molecular complexity index is 895. The molecule has 0 aromatic heterocycles. The van der Waals surface area contributed by atoms with Crippen LogP contribution < -0.4 is 14.8 Å². The topological polar surface area (TPSA) is 59.9 Å². The van der Waals surface area contributed by atoms with Crippen LogP contribution in [0, 0.1) is 0 Å². The maximum Gasteiger partial charge on any atom is 0.264 e. The zero-order valence-corrected chi connectivity index (χ0v) is 14.7. The van der Waals surface area contributed by atoms with E-state index < -0.39 is 0 Å². The summed E-state index contributed by atoms with van der Waals surface area (Å²) in [7, 11) is 0. The lowest BCUT2D eigenvalue weighted by Gasteiger charge is -1.99. The Kier molecular flexibility index (Phi) is 4.03. The van der Waals surface area contributed by atoms with Gasteiger partial charge in [-0.05, 0) is 63.6 Å². The number of ether oxygens (including phenoxy) is 2. The van der Waals surface area contributed by atoms with E-state index in [9.17, 15) is 4.79 Å². The summed E-state index contributed by atoms with van der Waals surface area (Å²) >= 11 is 4.75. The first-order valence-electron chi connectivity index (χ1n) is 7.13. The molecule has 120 valence electrons. The molecular weight excluding hydrogens is 392 g/mol. The minimum absolute atomic E-state index is 0.163. The number of amides is 1. The van der Waals surface area contributed by atoms with Crippen LogP contribution in [-0.4, -0.2) is 17.9 Å². The second-order valence-electron chi connectivity index (χ2n) is 5.05. The molecule has 2 aliphatic rings. The molecule has 0 saturated carbocycles.